The number of methoxy groups -OCH3 is 2. The van der Waals surface area contributed by atoms with Crippen molar-refractivity contribution in [2.75, 3.05) is 46.3 Å². The summed E-state index contributed by atoms with van der Waals surface area (Å²) in [5.74, 6) is 2.24. The molecule has 10 heteroatoms. The topological polar surface area (TPSA) is 84.1 Å². The summed E-state index contributed by atoms with van der Waals surface area (Å²) in [4.78, 5) is 13.9. The molecule has 0 aromatic heterocycles. The zero-order valence-electron chi connectivity index (χ0n) is 17.1. The SMILES string of the molecule is CCOc1c(OC)cc(C2(NC(=O)CN(CC)CC)NNCS2)cc1OC.Cl. The van der Waals surface area contributed by atoms with Crippen LogP contribution >= 0.6 is 24.2 Å². The molecule has 0 saturated carbocycles. The molecule has 1 saturated heterocycles. The third-order valence-corrected chi connectivity index (χ3v) is 5.52. The average Bonchev–Trinajstić information content (AvgIpc) is 3.15. The van der Waals surface area contributed by atoms with E-state index in [0.29, 0.717) is 36.3 Å². The van der Waals surface area contributed by atoms with E-state index in [1.165, 1.54) is 0 Å². The number of hydrogen-bond donors (Lipinski definition) is 3. The van der Waals surface area contributed by atoms with Crippen molar-refractivity contribution in [3.8, 4) is 17.2 Å². The molecule has 2 rings (SSSR count). The van der Waals surface area contributed by atoms with Gasteiger partial charge in [-0.2, -0.15) is 0 Å². The van der Waals surface area contributed by atoms with Crippen LogP contribution in [0.25, 0.3) is 0 Å². The fourth-order valence-electron chi connectivity index (χ4n) is 2.89. The molecule has 0 radical (unpaired) electrons. The van der Waals surface area contributed by atoms with Gasteiger partial charge in [0.05, 0.1) is 33.2 Å². The Hall–Kier alpha value is -1.39. The summed E-state index contributed by atoms with van der Waals surface area (Å²) in [7, 11) is 3.17. The quantitative estimate of drug-likeness (QED) is 0.515. The van der Waals surface area contributed by atoms with Crippen LogP contribution in [0.5, 0.6) is 17.2 Å². The van der Waals surface area contributed by atoms with Crippen LogP contribution < -0.4 is 30.4 Å². The molecule has 8 nitrogen and oxygen atoms in total. The third kappa shape index (κ3) is 5.57. The van der Waals surface area contributed by atoms with Crippen molar-refractivity contribution in [1.29, 1.82) is 0 Å². The molecule has 1 atom stereocenters. The average molecular weight is 435 g/mol. The highest BCUT2D eigenvalue weighted by atomic mass is 35.5. The molecule has 1 unspecified atom stereocenters. The van der Waals surface area contributed by atoms with Crippen LogP contribution in [0, 0.1) is 0 Å². The van der Waals surface area contributed by atoms with Crippen molar-refractivity contribution in [3.05, 3.63) is 17.7 Å². The number of hydrogen-bond acceptors (Lipinski definition) is 8. The number of likely N-dealkylation sites (N-methyl/N-ethyl adjacent to an activating group) is 1. The smallest absolute Gasteiger partial charge is 0.236 e. The molecule has 1 aromatic carbocycles. The first-order valence-electron chi connectivity index (χ1n) is 9.10. The van der Waals surface area contributed by atoms with Gasteiger partial charge < -0.3 is 19.5 Å². The summed E-state index contributed by atoms with van der Waals surface area (Å²) in [5.41, 5.74) is 7.08. The normalized spacial score (nSPS) is 18.5. The molecule has 1 fully saturated rings. The number of nitrogens with zero attached hydrogens (tertiary/aromatic N) is 1. The second-order valence-corrected chi connectivity index (χ2v) is 7.11. The zero-order chi connectivity index (χ0) is 19.9. The molecule has 1 amide bonds. The van der Waals surface area contributed by atoms with E-state index in [2.05, 4.69) is 21.1 Å². The van der Waals surface area contributed by atoms with Gasteiger partial charge in [-0.1, -0.05) is 25.6 Å². The maximum atomic E-state index is 12.7. The number of amides is 1. The van der Waals surface area contributed by atoms with Crippen LogP contribution in [-0.2, 0) is 9.79 Å². The standard InChI is InChI=1S/C18H30N4O4S.ClH/c1-6-22(7-2)11-16(23)20-18(21-19-12-27-18)13-9-14(24-4)17(26-8-3)15(10-13)25-5;/h9-10,19,21H,6-8,11-12H2,1-5H3,(H,20,23);1H. The minimum absolute atomic E-state index is 0. The maximum Gasteiger partial charge on any atom is 0.236 e. The van der Waals surface area contributed by atoms with Gasteiger partial charge in [-0.25, -0.2) is 10.9 Å². The lowest BCUT2D eigenvalue weighted by molar-refractivity contribution is -0.123. The number of carbonyl (C=O) groups excluding carboxylic acids is 1. The summed E-state index contributed by atoms with van der Waals surface area (Å²) >= 11 is 1.55. The Morgan fingerprint density at radius 3 is 2.25 bits per heavy atom. The molecule has 0 spiro atoms. The Labute approximate surface area is 177 Å². The van der Waals surface area contributed by atoms with Crippen LogP contribution in [0.2, 0.25) is 0 Å². The van der Waals surface area contributed by atoms with Crippen LogP contribution in [0.15, 0.2) is 12.1 Å². The number of halogens is 1. The molecular formula is C18H31ClN4O4S. The van der Waals surface area contributed by atoms with Gasteiger partial charge in [0.2, 0.25) is 11.7 Å². The number of hydrazine groups is 1. The van der Waals surface area contributed by atoms with Gasteiger partial charge in [0, 0.05) is 5.56 Å². The molecule has 1 aliphatic heterocycles. The monoisotopic (exact) mass is 434 g/mol. The molecule has 28 heavy (non-hydrogen) atoms. The number of ether oxygens (including phenoxy) is 3. The fraction of sp³-hybridized carbons (Fsp3) is 0.611. The fourth-order valence-corrected chi connectivity index (χ4v) is 3.87. The van der Waals surface area contributed by atoms with Gasteiger partial charge in [-0.3, -0.25) is 9.69 Å². The number of rotatable bonds is 10. The number of thioether (sulfide) groups is 1. The Bertz CT molecular complexity index is 615. The predicted molar refractivity (Wildman–Crippen MR) is 114 cm³/mol. The molecule has 3 N–H and O–H groups in total. The van der Waals surface area contributed by atoms with Gasteiger partial charge >= 0.3 is 0 Å². The Morgan fingerprint density at radius 1 is 1.21 bits per heavy atom. The molecule has 1 heterocycles. The predicted octanol–water partition coefficient (Wildman–Crippen LogP) is 1.89. The highest BCUT2D eigenvalue weighted by Crippen LogP contribution is 2.44. The van der Waals surface area contributed by atoms with Crippen molar-refractivity contribution < 1.29 is 19.0 Å². The van der Waals surface area contributed by atoms with Gasteiger partial charge in [0.15, 0.2) is 16.5 Å². The van der Waals surface area contributed by atoms with E-state index in [1.54, 1.807) is 26.0 Å². The molecular weight excluding hydrogens is 404 g/mol. The third-order valence-electron chi connectivity index (χ3n) is 4.36. The van der Waals surface area contributed by atoms with E-state index in [9.17, 15) is 4.79 Å². The van der Waals surface area contributed by atoms with E-state index in [-0.39, 0.29) is 18.3 Å². The van der Waals surface area contributed by atoms with Crippen LogP contribution in [-0.4, -0.2) is 57.1 Å². The lowest BCUT2D eigenvalue weighted by Gasteiger charge is -2.31. The lowest BCUT2D eigenvalue weighted by atomic mass is 10.1. The second-order valence-electron chi connectivity index (χ2n) is 5.92. The first-order valence-corrected chi connectivity index (χ1v) is 10.1. The Morgan fingerprint density at radius 2 is 1.82 bits per heavy atom. The van der Waals surface area contributed by atoms with Gasteiger partial charge in [-0.05, 0) is 32.1 Å². The first kappa shape index (κ1) is 24.6. The molecule has 1 aromatic rings. The van der Waals surface area contributed by atoms with Crippen LogP contribution in [0.4, 0.5) is 0 Å². The molecule has 0 bridgehead atoms. The largest absolute Gasteiger partial charge is 0.493 e. The van der Waals surface area contributed by atoms with Gasteiger partial charge in [0.1, 0.15) is 0 Å². The van der Waals surface area contributed by atoms with E-state index in [0.717, 1.165) is 18.7 Å². The number of nitrogens with one attached hydrogen (secondary N) is 3. The first-order chi connectivity index (χ1) is 13.0. The van der Waals surface area contributed by atoms with Gasteiger partial charge in [-0.15, -0.1) is 12.4 Å². The van der Waals surface area contributed by atoms with Crippen molar-refractivity contribution in [2.45, 2.75) is 25.8 Å². The summed E-state index contributed by atoms with van der Waals surface area (Å²) in [5, 5.41) is 3.12. The van der Waals surface area contributed by atoms with E-state index < -0.39 is 4.99 Å². The zero-order valence-corrected chi connectivity index (χ0v) is 18.7. The molecule has 0 aliphatic carbocycles. The van der Waals surface area contributed by atoms with E-state index >= 15 is 0 Å². The minimum Gasteiger partial charge on any atom is -0.493 e. The van der Waals surface area contributed by atoms with E-state index in [4.69, 9.17) is 14.2 Å². The lowest BCUT2D eigenvalue weighted by Crippen LogP contribution is -2.55. The Kier molecular flexibility index (Phi) is 10.2. The highest BCUT2D eigenvalue weighted by molar-refractivity contribution is 8.00. The van der Waals surface area contributed by atoms with Crippen LogP contribution in [0.3, 0.4) is 0 Å². The van der Waals surface area contributed by atoms with Gasteiger partial charge in [0.25, 0.3) is 0 Å². The Balaban J connectivity index is 0.00000392. The van der Waals surface area contributed by atoms with Crippen LogP contribution in [0.1, 0.15) is 26.3 Å². The summed E-state index contributed by atoms with van der Waals surface area (Å²) in [6.45, 7) is 8.45. The minimum atomic E-state index is -0.824. The summed E-state index contributed by atoms with van der Waals surface area (Å²) in [6.07, 6.45) is 0. The van der Waals surface area contributed by atoms with Crippen molar-refractivity contribution in [1.82, 2.24) is 21.1 Å². The molecule has 1 aliphatic rings. The van der Waals surface area contributed by atoms with E-state index in [1.807, 2.05) is 32.9 Å². The second kappa shape index (κ2) is 11.6. The summed E-state index contributed by atoms with van der Waals surface area (Å²) in [6, 6.07) is 3.72. The highest BCUT2D eigenvalue weighted by Gasteiger charge is 2.39. The maximum absolute atomic E-state index is 12.7. The summed E-state index contributed by atoms with van der Waals surface area (Å²) < 4.78 is 16.7. The molecule has 160 valence electrons. The number of carbonyl (C=O) groups is 1. The number of benzene rings is 1. The van der Waals surface area contributed by atoms with Crippen molar-refractivity contribution in [3.63, 3.8) is 0 Å². The van der Waals surface area contributed by atoms with Crippen molar-refractivity contribution in [2.24, 2.45) is 0 Å². The van der Waals surface area contributed by atoms with Crippen molar-refractivity contribution >= 4 is 30.1 Å².